The van der Waals surface area contributed by atoms with E-state index in [1.165, 1.54) is 0 Å². The van der Waals surface area contributed by atoms with Gasteiger partial charge in [-0.25, -0.2) is 9.59 Å². The zero-order valence-corrected chi connectivity index (χ0v) is 12.1. The fourth-order valence-electron chi connectivity index (χ4n) is 1.74. The van der Waals surface area contributed by atoms with Gasteiger partial charge in [-0.1, -0.05) is 36.2 Å². The fraction of sp³-hybridized carbons (Fsp3) is 0.333. The van der Waals surface area contributed by atoms with Crippen LogP contribution in [0.4, 0.5) is 9.59 Å². The first-order valence-electron chi connectivity index (χ1n) is 5.72. The molecule has 6 nitrogen and oxygen atoms in total. The number of nitrogens with two attached hydrogens (primary N) is 2. The molecule has 1 rings (SSSR count). The number of amides is 2. The Balaban J connectivity index is 3.23. The van der Waals surface area contributed by atoms with E-state index in [-0.39, 0.29) is 10.0 Å². The van der Waals surface area contributed by atoms with Gasteiger partial charge in [-0.3, -0.25) is 0 Å². The lowest BCUT2D eigenvalue weighted by Crippen LogP contribution is -2.32. The quantitative estimate of drug-likeness (QED) is 0.869. The van der Waals surface area contributed by atoms with Gasteiger partial charge in [-0.05, 0) is 18.6 Å². The highest BCUT2D eigenvalue weighted by atomic mass is 35.5. The minimum absolute atomic E-state index is 0.260. The van der Waals surface area contributed by atoms with E-state index >= 15 is 0 Å². The molecule has 2 unspecified atom stereocenters. The van der Waals surface area contributed by atoms with Crippen molar-refractivity contribution >= 4 is 35.4 Å². The Kier molecular flexibility index (Phi) is 5.91. The Labute approximate surface area is 125 Å². The minimum atomic E-state index is -1.04. The Morgan fingerprint density at radius 1 is 1.15 bits per heavy atom. The first-order chi connectivity index (χ1) is 9.36. The molecule has 0 radical (unpaired) electrons. The Morgan fingerprint density at radius 3 is 2.05 bits per heavy atom. The fourth-order valence-corrected chi connectivity index (χ4v) is 2.35. The van der Waals surface area contributed by atoms with Gasteiger partial charge >= 0.3 is 12.2 Å². The number of rotatable bonds is 5. The van der Waals surface area contributed by atoms with Crippen molar-refractivity contribution < 1.29 is 19.1 Å². The molecule has 0 aliphatic heterocycles. The molecule has 1 aromatic carbocycles. The molecular weight excluding hydrogens is 307 g/mol. The van der Waals surface area contributed by atoms with Crippen LogP contribution in [0.15, 0.2) is 18.2 Å². The van der Waals surface area contributed by atoms with Gasteiger partial charge < -0.3 is 20.9 Å². The second-order valence-corrected chi connectivity index (χ2v) is 4.69. The molecule has 0 aromatic heterocycles. The van der Waals surface area contributed by atoms with E-state index in [0.29, 0.717) is 12.0 Å². The zero-order valence-electron chi connectivity index (χ0n) is 10.6. The third-order valence-electron chi connectivity index (χ3n) is 2.53. The molecular formula is C12H14Cl2N2O4. The van der Waals surface area contributed by atoms with Gasteiger partial charge in [-0.2, -0.15) is 0 Å². The highest BCUT2D eigenvalue weighted by Gasteiger charge is 2.31. The second-order valence-electron chi connectivity index (χ2n) is 3.88. The van der Waals surface area contributed by atoms with Crippen molar-refractivity contribution in [3.63, 3.8) is 0 Å². The van der Waals surface area contributed by atoms with E-state index < -0.39 is 24.4 Å². The van der Waals surface area contributed by atoms with E-state index in [1.807, 2.05) is 0 Å². The summed E-state index contributed by atoms with van der Waals surface area (Å²) >= 11 is 12.1. The highest BCUT2D eigenvalue weighted by molar-refractivity contribution is 6.36. The van der Waals surface area contributed by atoms with Gasteiger partial charge in [0.25, 0.3) is 0 Å². The summed E-state index contributed by atoms with van der Waals surface area (Å²) in [6.45, 7) is 1.72. The van der Waals surface area contributed by atoms with Gasteiger partial charge in [0.1, 0.15) is 6.10 Å². The second kappa shape index (κ2) is 7.21. The molecule has 4 N–H and O–H groups in total. The van der Waals surface area contributed by atoms with Crippen LogP contribution in [0.3, 0.4) is 0 Å². The van der Waals surface area contributed by atoms with Crippen molar-refractivity contribution in [1.29, 1.82) is 0 Å². The molecule has 0 spiro atoms. The summed E-state index contributed by atoms with van der Waals surface area (Å²) in [5.41, 5.74) is 10.3. The molecule has 0 saturated heterocycles. The number of benzene rings is 1. The van der Waals surface area contributed by atoms with Gasteiger partial charge in [0.15, 0.2) is 6.10 Å². The molecule has 0 heterocycles. The Bertz CT molecular complexity index is 490. The van der Waals surface area contributed by atoms with Crippen LogP contribution in [-0.4, -0.2) is 18.3 Å². The number of primary amides is 2. The summed E-state index contributed by atoms with van der Waals surface area (Å²) in [4.78, 5) is 22.0. The summed E-state index contributed by atoms with van der Waals surface area (Å²) in [6, 6.07) is 4.76. The monoisotopic (exact) mass is 320 g/mol. The Hall–Kier alpha value is -1.66. The van der Waals surface area contributed by atoms with Crippen molar-refractivity contribution in [3.8, 4) is 0 Å². The Morgan fingerprint density at radius 2 is 1.65 bits per heavy atom. The average Bonchev–Trinajstić information content (AvgIpc) is 2.33. The summed E-state index contributed by atoms with van der Waals surface area (Å²) < 4.78 is 9.90. The molecule has 0 bridgehead atoms. The molecule has 0 aliphatic carbocycles. The molecule has 8 heteroatoms. The van der Waals surface area contributed by atoms with E-state index in [4.69, 9.17) is 44.1 Å². The lowest BCUT2D eigenvalue weighted by atomic mass is 10.0. The zero-order chi connectivity index (χ0) is 15.3. The molecule has 2 amide bonds. The van der Waals surface area contributed by atoms with E-state index in [2.05, 4.69) is 0 Å². The topological polar surface area (TPSA) is 105 Å². The van der Waals surface area contributed by atoms with Crippen molar-refractivity contribution in [3.05, 3.63) is 33.8 Å². The van der Waals surface area contributed by atoms with Crippen molar-refractivity contribution in [2.75, 3.05) is 0 Å². The summed E-state index contributed by atoms with van der Waals surface area (Å²) in [5.74, 6) is 0. The average molecular weight is 321 g/mol. The third kappa shape index (κ3) is 4.18. The summed E-state index contributed by atoms with van der Waals surface area (Å²) in [5, 5.41) is 0.519. The maximum atomic E-state index is 11.1. The molecule has 0 saturated carbocycles. The minimum Gasteiger partial charge on any atom is -0.442 e. The molecule has 2 atom stereocenters. The number of carbonyl (C=O) groups is 2. The van der Waals surface area contributed by atoms with Crippen LogP contribution in [0.25, 0.3) is 0 Å². The smallest absolute Gasteiger partial charge is 0.405 e. The van der Waals surface area contributed by atoms with Crippen molar-refractivity contribution in [2.45, 2.75) is 25.6 Å². The highest BCUT2D eigenvalue weighted by Crippen LogP contribution is 2.36. The molecule has 20 heavy (non-hydrogen) atoms. The van der Waals surface area contributed by atoms with Crippen molar-refractivity contribution in [2.24, 2.45) is 11.5 Å². The van der Waals surface area contributed by atoms with E-state index in [1.54, 1.807) is 25.1 Å². The predicted octanol–water partition coefficient (Wildman–Crippen LogP) is 3.00. The normalized spacial score (nSPS) is 13.3. The van der Waals surface area contributed by atoms with Crippen molar-refractivity contribution in [1.82, 2.24) is 0 Å². The third-order valence-corrected chi connectivity index (χ3v) is 3.19. The molecule has 110 valence electrons. The predicted molar refractivity (Wildman–Crippen MR) is 74.6 cm³/mol. The first-order valence-corrected chi connectivity index (χ1v) is 6.48. The number of hydrogen-bond donors (Lipinski definition) is 2. The maximum absolute atomic E-state index is 11.1. The first kappa shape index (κ1) is 16.4. The van der Waals surface area contributed by atoms with E-state index in [0.717, 1.165) is 0 Å². The largest absolute Gasteiger partial charge is 0.442 e. The van der Waals surface area contributed by atoms with Gasteiger partial charge in [-0.15, -0.1) is 0 Å². The van der Waals surface area contributed by atoms with Crippen LogP contribution in [-0.2, 0) is 9.47 Å². The van der Waals surface area contributed by atoms with Crippen LogP contribution < -0.4 is 11.5 Å². The number of ether oxygens (including phenoxy) is 2. The summed E-state index contributed by atoms with van der Waals surface area (Å²) in [6.07, 6.45) is -3.61. The van der Waals surface area contributed by atoms with Crippen LogP contribution in [0.2, 0.25) is 10.0 Å². The lowest BCUT2D eigenvalue weighted by Gasteiger charge is -2.26. The van der Waals surface area contributed by atoms with Gasteiger partial charge in [0.05, 0.1) is 0 Å². The number of halogens is 2. The van der Waals surface area contributed by atoms with Gasteiger partial charge in [0.2, 0.25) is 0 Å². The van der Waals surface area contributed by atoms with Crippen LogP contribution in [0.5, 0.6) is 0 Å². The SMILES string of the molecule is CCC(OC(N)=O)C(OC(N)=O)c1c(Cl)cccc1Cl. The maximum Gasteiger partial charge on any atom is 0.405 e. The van der Waals surface area contributed by atoms with Crippen LogP contribution in [0, 0.1) is 0 Å². The van der Waals surface area contributed by atoms with E-state index in [9.17, 15) is 9.59 Å². The summed E-state index contributed by atoms with van der Waals surface area (Å²) in [7, 11) is 0. The van der Waals surface area contributed by atoms with Crippen LogP contribution in [0.1, 0.15) is 25.0 Å². The molecule has 0 aliphatic rings. The molecule has 0 fully saturated rings. The lowest BCUT2D eigenvalue weighted by molar-refractivity contribution is -0.00643. The number of carbonyl (C=O) groups excluding carboxylic acids is 2. The number of hydrogen-bond acceptors (Lipinski definition) is 4. The standard InChI is InChI=1S/C12H14Cl2N2O4/c1-2-8(19-11(15)17)10(20-12(16)18)9-6(13)4-3-5-7(9)14/h3-5,8,10H,2H2,1H3,(H2,15,17)(H2,16,18). The molecule has 1 aromatic rings. The van der Waals surface area contributed by atoms with Gasteiger partial charge in [0, 0.05) is 15.6 Å². The van der Waals surface area contributed by atoms with Crippen LogP contribution >= 0.6 is 23.2 Å².